The minimum Gasteiger partial charge on any atom is -0.302 e. The molecule has 0 bridgehead atoms. The number of imidazole rings is 1. The van der Waals surface area contributed by atoms with Crippen LogP contribution in [-0.4, -0.2) is 9.55 Å². The third-order valence-corrected chi connectivity index (χ3v) is 2.88. The van der Waals surface area contributed by atoms with Gasteiger partial charge in [-0.3, -0.25) is 0 Å². The monoisotopic (exact) mass is 288 g/mol. The van der Waals surface area contributed by atoms with Crippen molar-refractivity contribution in [3.05, 3.63) is 46.7 Å². The molecule has 5 heteroatoms. The highest BCUT2D eigenvalue weighted by atomic mass is 79.9. The summed E-state index contributed by atoms with van der Waals surface area (Å²) in [4.78, 5) is 4.04. The molecule has 0 N–H and O–H groups in total. The Bertz CT molecular complexity index is 464. The van der Waals surface area contributed by atoms with Crippen molar-refractivity contribution in [1.29, 1.82) is 0 Å². The van der Waals surface area contributed by atoms with Gasteiger partial charge in [0.25, 0.3) is 0 Å². The molecule has 0 radical (unpaired) electrons. The van der Waals surface area contributed by atoms with Gasteiger partial charge >= 0.3 is 0 Å². The summed E-state index contributed by atoms with van der Waals surface area (Å²) in [6.07, 6.45) is 3.25. The molecule has 1 aromatic heterocycles. The van der Waals surface area contributed by atoms with Crippen LogP contribution >= 0.6 is 27.5 Å². The molecular weight excluding hydrogens is 282 g/mol. The normalized spacial score (nSPS) is 10.6. The number of hydrogen-bond donors (Lipinski definition) is 0. The number of rotatable bonds is 2. The second-order valence-electron chi connectivity index (χ2n) is 2.98. The van der Waals surface area contributed by atoms with Crippen LogP contribution < -0.4 is 0 Å². The summed E-state index contributed by atoms with van der Waals surface area (Å²) < 4.78 is 15.8. The van der Waals surface area contributed by atoms with Gasteiger partial charge in [-0.2, -0.15) is 0 Å². The van der Waals surface area contributed by atoms with E-state index in [0.717, 1.165) is 0 Å². The van der Waals surface area contributed by atoms with Gasteiger partial charge < -0.3 is 4.57 Å². The second kappa shape index (κ2) is 4.33. The van der Waals surface area contributed by atoms with Crippen LogP contribution in [0.4, 0.5) is 4.39 Å². The molecule has 0 aliphatic heterocycles. The molecule has 0 spiro atoms. The summed E-state index contributed by atoms with van der Waals surface area (Å²) in [5.41, 5.74) is 1.16. The summed E-state index contributed by atoms with van der Waals surface area (Å²) in [5, 5.41) is 0. The number of hydrogen-bond acceptors (Lipinski definition) is 1. The van der Waals surface area contributed by atoms with Gasteiger partial charge in [-0.25, -0.2) is 9.37 Å². The van der Waals surface area contributed by atoms with E-state index >= 15 is 0 Å². The highest BCUT2D eigenvalue weighted by molar-refractivity contribution is 9.10. The maximum Gasteiger partial charge on any atom is 0.148 e. The molecule has 2 aromatic rings. The average molecular weight is 290 g/mol. The first-order valence-electron chi connectivity index (χ1n) is 4.25. The predicted octanol–water partition coefficient (Wildman–Crippen LogP) is 3.51. The van der Waals surface area contributed by atoms with Crippen molar-refractivity contribution in [2.24, 2.45) is 0 Å². The van der Waals surface area contributed by atoms with Crippen LogP contribution in [0.25, 0.3) is 5.69 Å². The Morgan fingerprint density at radius 1 is 1.47 bits per heavy atom. The van der Waals surface area contributed by atoms with E-state index in [1.807, 2.05) is 0 Å². The van der Waals surface area contributed by atoms with E-state index in [0.29, 0.717) is 21.7 Å². The van der Waals surface area contributed by atoms with E-state index in [2.05, 4.69) is 20.9 Å². The molecule has 0 fully saturated rings. The van der Waals surface area contributed by atoms with Gasteiger partial charge in [0.1, 0.15) is 5.82 Å². The fourth-order valence-corrected chi connectivity index (χ4v) is 1.98. The third kappa shape index (κ3) is 2.06. The first-order chi connectivity index (χ1) is 7.22. The lowest BCUT2D eigenvalue weighted by Crippen LogP contribution is -1.95. The highest BCUT2D eigenvalue weighted by Gasteiger charge is 2.09. The van der Waals surface area contributed by atoms with Crippen LogP contribution in [0.3, 0.4) is 0 Å². The zero-order valence-corrected chi connectivity index (χ0v) is 9.96. The minimum atomic E-state index is -0.303. The number of alkyl halides is 1. The number of para-hydroxylation sites is 1. The molecule has 0 atom stereocenters. The minimum absolute atomic E-state index is 0.303. The van der Waals surface area contributed by atoms with E-state index < -0.39 is 0 Å². The summed E-state index contributed by atoms with van der Waals surface area (Å²) in [6.45, 7) is 0. The lowest BCUT2D eigenvalue weighted by molar-refractivity contribution is 0.617. The molecule has 0 amide bonds. The van der Waals surface area contributed by atoms with Crippen molar-refractivity contribution in [2.45, 2.75) is 5.88 Å². The Kier molecular flexibility index (Phi) is 3.07. The fraction of sp³-hybridized carbons (Fsp3) is 0.100. The van der Waals surface area contributed by atoms with Crippen LogP contribution in [0.2, 0.25) is 0 Å². The Labute approximate surface area is 99.8 Å². The van der Waals surface area contributed by atoms with Crippen LogP contribution in [0.5, 0.6) is 0 Å². The van der Waals surface area contributed by atoms with E-state index in [-0.39, 0.29) is 5.82 Å². The van der Waals surface area contributed by atoms with Crippen LogP contribution in [-0.2, 0) is 5.88 Å². The van der Waals surface area contributed by atoms with Gasteiger partial charge in [-0.1, -0.05) is 6.07 Å². The van der Waals surface area contributed by atoms with Gasteiger partial charge in [0.15, 0.2) is 0 Å². The summed E-state index contributed by atoms with van der Waals surface area (Å²) in [5.74, 6) is 0.0157. The van der Waals surface area contributed by atoms with Gasteiger partial charge in [0.05, 0.1) is 23.6 Å². The van der Waals surface area contributed by atoms with Gasteiger partial charge in [0, 0.05) is 10.7 Å². The SMILES string of the molecule is Fc1cccc(Br)c1-n1cnc(CCl)c1. The van der Waals surface area contributed by atoms with E-state index in [4.69, 9.17) is 11.6 Å². The first kappa shape index (κ1) is 10.6. The van der Waals surface area contributed by atoms with Crippen LogP contribution in [0.1, 0.15) is 5.69 Å². The third-order valence-electron chi connectivity index (χ3n) is 1.97. The summed E-state index contributed by atoms with van der Waals surface area (Å²) in [6, 6.07) is 4.82. The van der Waals surface area contributed by atoms with Crippen molar-refractivity contribution < 1.29 is 4.39 Å². The number of benzene rings is 1. The second-order valence-corrected chi connectivity index (χ2v) is 4.10. The number of aromatic nitrogens is 2. The molecule has 0 aliphatic rings. The van der Waals surface area contributed by atoms with E-state index in [1.54, 1.807) is 29.2 Å². The molecule has 0 saturated carbocycles. The maximum absolute atomic E-state index is 13.5. The number of halogens is 3. The molecular formula is C10H7BrClFN2. The Balaban J connectivity index is 2.53. The fourth-order valence-electron chi connectivity index (χ4n) is 1.29. The topological polar surface area (TPSA) is 17.8 Å². The molecule has 2 rings (SSSR count). The van der Waals surface area contributed by atoms with E-state index in [1.165, 1.54) is 6.07 Å². The lowest BCUT2D eigenvalue weighted by atomic mass is 10.3. The maximum atomic E-state index is 13.5. The first-order valence-corrected chi connectivity index (χ1v) is 5.58. The number of nitrogens with zero attached hydrogens (tertiary/aromatic N) is 2. The molecule has 78 valence electrons. The van der Waals surface area contributed by atoms with Crippen molar-refractivity contribution in [1.82, 2.24) is 9.55 Å². The summed E-state index contributed by atoms with van der Waals surface area (Å²) in [7, 11) is 0. The predicted molar refractivity (Wildman–Crippen MR) is 60.8 cm³/mol. The largest absolute Gasteiger partial charge is 0.302 e. The van der Waals surface area contributed by atoms with Crippen LogP contribution in [0, 0.1) is 5.82 Å². The van der Waals surface area contributed by atoms with Gasteiger partial charge in [-0.15, -0.1) is 11.6 Å². The Morgan fingerprint density at radius 2 is 2.27 bits per heavy atom. The lowest BCUT2D eigenvalue weighted by Gasteiger charge is -2.05. The Morgan fingerprint density at radius 3 is 2.87 bits per heavy atom. The van der Waals surface area contributed by atoms with Crippen molar-refractivity contribution >= 4 is 27.5 Å². The van der Waals surface area contributed by atoms with Crippen molar-refractivity contribution in [2.75, 3.05) is 0 Å². The molecule has 0 aliphatic carbocycles. The van der Waals surface area contributed by atoms with Gasteiger partial charge in [0.2, 0.25) is 0 Å². The summed E-state index contributed by atoms with van der Waals surface area (Å²) >= 11 is 8.92. The molecule has 1 aromatic carbocycles. The molecule has 15 heavy (non-hydrogen) atoms. The molecule has 0 saturated heterocycles. The van der Waals surface area contributed by atoms with Gasteiger partial charge in [-0.05, 0) is 28.1 Å². The quantitative estimate of drug-likeness (QED) is 0.774. The van der Waals surface area contributed by atoms with Crippen molar-refractivity contribution in [3.63, 3.8) is 0 Å². The van der Waals surface area contributed by atoms with Crippen molar-refractivity contribution in [3.8, 4) is 5.69 Å². The average Bonchev–Trinajstić information content (AvgIpc) is 2.66. The Hall–Kier alpha value is -0.870. The zero-order chi connectivity index (χ0) is 10.8. The van der Waals surface area contributed by atoms with E-state index in [9.17, 15) is 4.39 Å². The standard InChI is InChI=1S/C10H7BrClFN2/c11-8-2-1-3-9(13)10(8)15-5-7(4-12)14-6-15/h1-3,5-6H,4H2. The molecule has 2 nitrogen and oxygen atoms in total. The van der Waals surface area contributed by atoms with Crippen LogP contribution in [0.15, 0.2) is 35.2 Å². The molecule has 0 unspecified atom stereocenters. The zero-order valence-electron chi connectivity index (χ0n) is 7.62. The highest BCUT2D eigenvalue weighted by Crippen LogP contribution is 2.24. The molecule has 1 heterocycles. The smallest absolute Gasteiger partial charge is 0.148 e.